The zero-order valence-corrected chi connectivity index (χ0v) is 10.9. The Bertz CT molecular complexity index is 462. The lowest BCUT2D eigenvalue weighted by atomic mass is 9.99. The number of anilines is 1. The van der Waals surface area contributed by atoms with Crippen LogP contribution in [0.5, 0.6) is 0 Å². The molecule has 2 saturated heterocycles. The van der Waals surface area contributed by atoms with E-state index in [1.165, 1.54) is 0 Å². The van der Waals surface area contributed by atoms with Gasteiger partial charge >= 0.3 is 0 Å². The number of piperidine rings is 1. The molecular weight excluding hydrogens is 244 g/mol. The molecule has 2 N–H and O–H groups in total. The minimum atomic E-state index is -0.265. The van der Waals surface area contributed by atoms with E-state index in [4.69, 9.17) is 0 Å². The Kier molecular flexibility index (Phi) is 3.10. The van der Waals surface area contributed by atoms with Crippen LogP contribution in [0.15, 0.2) is 12.1 Å². The van der Waals surface area contributed by atoms with Crippen LogP contribution in [0.25, 0.3) is 0 Å². The second-order valence-corrected chi connectivity index (χ2v) is 5.28. The van der Waals surface area contributed by atoms with Gasteiger partial charge in [0.05, 0.1) is 6.10 Å². The Morgan fingerprint density at radius 2 is 2.00 bits per heavy atom. The van der Waals surface area contributed by atoms with Crippen LogP contribution in [-0.4, -0.2) is 51.3 Å². The summed E-state index contributed by atoms with van der Waals surface area (Å²) in [4.78, 5) is 14.4. The summed E-state index contributed by atoms with van der Waals surface area (Å²) in [5.74, 6) is 0.586. The summed E-state index contributed by atoms with van der Waals surface area (Å²) in [7, 11) is 1.76. The van der Waals surface area contributed by atoms with Gasteiger partial charge in [-0.05, 0) is 37.8 Å². The van der Waals surface area contributed by atoms with Gasteiger partial charge in [-0.2, -0.15) is 0 Å². The van der Waals surface area contributed by atoms with Gasteiger partial charge in [0.2, 0.25) is 0 Å². The fraction of sp³-hybridized carbons (Fsp3) is 0.615. The fourth-order valence-corrected chi connectivity index (χ4v) is 3.19. The topological polar surface area (TPSA) is 78.4 Å². The molecule has 2 atom stereocenters. The van der Waals surface area contributed by atoms with E-state index in [0.29, 0.717) is 24.4 Å². The Hall–Kier alpha value is -1.69. The van der Waals surface area contributed by atoms with E-state index in [1.54, 1.807) is 19.2 Å². The summed E-state index contributed by atoms with van der Waals surface area (Å²) in [5, 5.41) is 20.5. The first-order chi connectivity index (χ1) is 9.19. The number of nitrogens with one attached hydrogen (secondary N) is 1. The van der Waals surface area contributed by atoms with Crippen molar-refractivity contribution in [1.82, 2.24) is 15.1 Å². The molecule has 2 aliphatic heterocycles. The van der Waals surface area contributed by atoms with Crippen molar-refractivity contribution in [3.63, 3.8) is 0 Å². The zero-order valence-electron chi connectivity index (χ0n) is 10.9. The highest BCUT2D eigenvalue weighted by Crippen LogP contribution is 2.36. The summed E-state index contributed by atoms with van der Waals surface area (Å²) in [5.41, 5.74) is 0.382. The van der Waals surface area contributed by atoms with Crippen molar-refractivity contribution >= 4 is 11.7 Å². The average molecular weight is 262 g/mol. The first-order valence-electron chi connectivity index (χ1n) is 6.71. The molecule has 0 spiro atoms. The predicted molar refractivity (Wildman–Crippen MR) is 69.8 cm³/mol. The van der Waals surface area contributed by atoms with Crippen molar-refractivity contribution in [3.05, 3.63) is 17.8 Å². The predicted octanol–water partition coefficient (Wildman–Crippen LogP) is 0.646. The lowest BCUT2D eigenvalue weighted by Gasteiger charge is -2.36. The van der Waals surface area contributed by atoms with Crippen LogP contribution in [-0.2, 0) is 0 Å². The summed E-state index contributed by atoms with van der Waals surface area (Å²) < 4.78 is 0. The highest BCUT2D eigenvalue weighted by atomic mass is 16.3. The van der Waals surface area contributed by atoms with Gasteiger partial charge in [-0.15, -0.1) is 10.2 Å². The number of hydrogen-bond donors (Lipinski definition) is 2. The number of hydrogen-bond acceptors (Lipinski definition) is 5. The molecule has 3 heterocycles. The van der Waals surface area contributed by atoms with Crippen molar-refractivity contribution in [3.8, 4) is 0 Å². The second kappa shape index (κ2) is 4.77. The molecule has 6 heteroatoms. The third-order valence-electron chi connectivity index (χ3n) is 4.08. The number of rotatable bonds is 2. The van der Waals surface area contributed by atoms with Crippen LogP contribution in [0.4, 0.5) is 5.82 Å². The second-order valence-electron chi connectivity index (χ2n) is 5.28. The van der Waals surface area contributed by atoms with Gasteiger partial charge in [0, 0.05) is 19.1 Å². The molecule has 19 heavy (non-hydrogen) atoms. The third kappa shape index (κ3) is 2.16. The van der Waals surface area contributed by atoms with Crippen molar-refractivity contribution in [2.75, 3.05) is 12.4 Å². The molecule has 2 fully saturated rings. The van der Waals surface area contributed by atoms with Crippen LogP contribution in [0.1, 0.15) is 36.2 Å². The molecule has 2 unspecified atom stereocenters. The number of amides is 1. The van der Waals surface area contributed by atoms with Crippen molar-refractivity contribution in [2.45, 2.75) is 43.9 Å². The maximum Gasteiger partial charge on any atom is 0.274 e. The quantitative estimate of drug-likeness (QED) is 0.818. The van der Waals surface area contributed by atoms with Crippen LogP contribution < -0.4 is 5.32 Å². The van der Waals surface area contributed by atoms with Gasteiger partial charge < -0.3 is 15.3 Å². The number of aliphatic hydroxyl groups excluding tert-OH is 1. The van der Waals surface area contributed by atoms with E-state index >= 15 is 0 Å². The standard InChI is InChI=1S/C13H18N4O2/c1-14-12-5-4-11(15-16-12)13(19)17-8-2-3-9(17)7-10(18)6-8/h4-5,8-10,18H,2-3,6-7H2,1H3,(H,14,16). The molecule has 1 amide bonds. The van der Waals surface area contributed by atoms with Gasteiger partial charge in [0.1, 0.15) is 5.82 Å². The number of nitrogens with zero attached hydrogens (tertiary/aromatic N) is 3. The maximum absolute atomic E-state index is 12.5. The molecule has 0 saturated carbocycles. The van der Waals surface area contributed by atoms with Crippen molar-refractivity contribution in [1.29, 1.82) is 0 Å². The van der Waals surface area contributed by atoms with E-state index in [1.807, 2.05) is 4.90 Å². The number of fused-ring (bicyclic) bond motifs is 2. The van der Waals surface area contributed by atoms with Gasteiger partial charge in [-0.3, -0.25) is 4.79 Å². The van der Waals surface area contributed by atoms with Gasteiger partial charge in [-0.25, -0.2) is 0 Å². The van der Waals surface area contributed by atoms with Crippen LogP contribution in [0.2, 0.25) is 0 Å². The first kappa shape index (κ1) is 12.3. The molecule has 0 aliphatic carbocycles. The van der Waals surface area contributed by atoms with Gasteiger partial charge in [0.15, 0.2) is 5.69 Å². The number of carbonyl (C=O) groups is 1. The van der Waals surface area contributed by atoms with Crippen LogP contribution in [0.3, 0.4) is 0 Å². The van der Waals surface area contributed by atoms with E-state index in [2.05, 4.69) is 15.5 Å². The lowest BCUT2D eigenvalue weighted by molar-refractivity contribution is 0.0282. The van der Waals surface area contributed by atoms with E-state index in [9.17, 15) is 9.90 Å². The highest BCUT2D eigenvalue weighted by molar-refractivity contribution is 5.93. The molecule has 3 rings (SSSR count). The molecule has 2 bridgehead atoms. The van der Waals surface area contributed by atoms with Crippen LogP contribution >= 0.6 is 0 Å². The Labute approximate surface area is 111 Å². The fourth-order valence-electron chi connectivity index (χ4n) is 3.19. The summed E-state index contributed by atoms with van der Waals surface area (Å²) >= 11 is 0. The monoisotopic (exact) mass is 262 g/mol. The maximum atomic E-state index is 12.5. The highest BCUT2D eigenvalue weighted by Gasteiger charge is 2.43. The van der Waals surface area contributed by atoms with E-state index in [0.717, 1.165) is 12.8 Å². The number of aliphatic hydroxyl groups is 1. The van der Waals surface area contributed by atoms with Gasteiger partial charge in [-0.1, -0.05) is 0 Å². The summed E-state index contributed by atoms with van der Waals surface area (Å²) in [6.45, 7) is 0. The normalized spacial score (nSPS) is 29.4. The Balaban J connectivity index is 1.80. The lowest BCUT2D eigenvalue weighted by Crippen LogP contribution is -2.48. The number of carbonyl (C=O) groups excluding carboxylic acids is 1. The van der Waals surface area contributed by atoms with Crippen molar-refractivity contribution in [2.24, 2.45) is 0 Å². The van der Waals surface area contributed by atoms with E-state index < -0.39 is 0 Å². The minimum absolute atomic E-state index is 0.0606. The minimum Gasteiger partial charge on any atom is -0.393 e. The molecule has 2 aliphatic rings. The molecule has 6 nitrogen and oxygen atoms in total. The third-order valence-corrected chi connectivity index (χ3v) is 4.08. The van der Waals surface area contributed by atoms with Crippen LogP contribution in [0, 0.1) is 0 Å². The molecular formula is C13H18N4O2. The molecule has 1 aromatic rings. The zero-order chi connectivity index (χ0) is 13.4. The smallest absolute Gasteiger partial charge is 0.274 e. The average Bonchev–Trinajstić information content (AvgIpc) is 2.70. The molecule has 1 aromatic heterocycles. The molecule has 0 aromatic carbocycles. The summed E-state index contributed by atoms with van der Waals surface area (Å²) in [6.07, 6.45) is 3.07. The van der Waals surface area contributed by atoms with Gasteiger partial charge in [0.25, 0.3) is 5.91 Å². The van der Waals surface area contributed by atoms with Crippen molar-refractivity contribution < 1.29 is 9.90 Å². The number of aromatic nitrogens is 2. The Morgan fingerprint density at radius 3 is 2.53 bits per heavy atom. The SMILES string of the molecule is CNc1ccc(C(=O)N2C3CCC2CC(O)C3)nn1. The largest absolute Gasteiger partial charge is 0.393 e. The first-order valence-corrected chi connectivity index (χ1v) is 6.71. The van der Waals surface area contributed by atoms with E-state index in [-0.39, 0.29) is 24.1 Å². The molecule has 0 radical (unpaired) electrons. The Morgan fingerprint density at radius 1 is 1.32 bits per heavy atom. The summed E-state index contributed by atoms with van der Waals surface area (Å²) in [6, 6.07) is 3.77. The molecule has 102 valence electrons.